The number of nitro groups is 1. The molecule has 1 amide bonds. The molecular weight excluding hydrogens is 472 g/mol. The third kappa shape index (κ3) is 5.17. The number of fused-ring (bicyclic) bond motifs is 1. The number of nitro benzene ring substituents is 1. The van der Waals surface area contributed by atoms with E-state index < -0.39 is 10.8 Å². The molecular formula is C28H28N4O5. The first kappa shape index (κ1) is 24.5. The van der Waals surface area contributed by atoms with Crippen LogP contribution in [0, 0.1) is 10.1 Å². The second kappa shape index (κ2) is 9.67. The summed E-state index contributed by atoms with van der Waals surface area (Å²) in [6.07, 6.45) is 0. The normalized spacial score (nSPS) is 14.1. The van der Waals surface area contributed by atoms with Gasteiger partial charge in [0.2, 0.25) is 5.89 Å². The van der Waals surface area contributed by atoms with E-state index in [2.05, 4.69) is 43.2 Å². The van der Waals surface area contributed by atoms with Gasteiger partial charge in [0, 0.05) is 36.5 Å². The van der Waals surface area contributed by atoms with Crippen LogP contribution < -0.4 is 10.2 Å². The predicted octanol–water partition coefficient (Wildman–Crippen LogP) is 5.79. The average molecular weight is 501 g/mol. The fourth-order valence-corrected chi connectivity index (χ4v) is 4.34. The van der Waals surface area contributed by atoms with Crippen LogP contribution in [-0.4, -0.2) is 42.1 Å². The van der Waals surface area contributed by atoms with E-state index in [9.17, 15) is 14.9 Å². The highest BCUT2D eigenvalue weighted by Crippen LogP contribution is 2.30. The standard InChI is InChI=1S/C28H28N4O5/c1-28(2,3)19-6-4-18(5-7-19)27-30-23-16-20(8-11-25(23)37-27)29-26(33)22-17-21(32(34)35)9-10-24(22)31-12-14-36-15-13-31/h4-11,16-17H,12-15H2,1-3H3,(H,29,33). The molecule has 2 heterocycles. The summed E-state index contributed by atoms with van der Waals surface area (Å²) in [5.41, 5.74) is 4.56. The zero-order valence-corrected chi connectivity index (χ0v) is 21.0. The number of carbonyl (C=O) groups excluding carboxylic acids is 1. The van der Waals surface area contributed by atoms with E-state index in [1.54, 1.807) is 24.3 Å². The summed E-state index contributed by atoms with van der Waals surface area (Å²) in [6.45, 7) is 8.74. The number of rotatable bonds is 5. The number of oxazole rings is 1. The van der Waals surface area contributed by atoms with Crippen LogP contribution in [0.15, 0.2) is 65.1 Å². The second-order valence-electron chi connectivity index (χ2n) is 10.0. The van der Waals surface area contributed by atoms with Crippen LogP contribution >= 0.6 is 0 Å². The number of nitrogens with zero attached hydrogens (tertiary/aromatic N) is 3. The number of ether oxygens (including phenoxy) is 1. The van der Waals surface area contributed by atoms with Crippen molar-refractivity contribution in [1.29, 1.82) is 0 Å². The number of amides is 1. The van der Waals surface area contributed by atoms with Crippen molar-refractivity contribution in [3.05, 3.63) is 81.9 Å². The maximum Gasteiger partial charge on any atom is 0.270 e. The zero-order chi connectivity index (χ0) is 26.2. The van der Waals surface area contributed by atoms with Crippen LogP contribution in [0.25, 0.3) is 22.6 Å². The number of non-ortho nitro benzene ring substituents is 1. The van der Waals surface area contributed by atoms with E-state index in [1.807, 2.05) is 17.0 Å². The van der Waals surface area contributed by atoms with Gasteiger partial charge in [-0.2, -0.15) is 0 Å². The Hall–Kier alpha value is -4.24. The highest BCUT2D eigenvalue weighted by molar-refractivity contribution is 6.09. The largest absolute Gasteiger partial charge is 0.436 e. The van der Waals surface area contributed by atoms with Crippen LogP contribution in [0.4, 0.5) is 17.1 Å². The molecule has 1 fully saturated rings. The third-order valence-electron chi connectivity index (χ3n) is 6.43. The molecule has 0 atom stereocenters. The van der Waals surface area contributed by atoms with Gasteiger partial charge in [0.25, 0.3) is 11.6 Å². The molecule has 3 aromatic carbocycles. The smallest absolute Gasteiger partial charge is 0.270 e. The molecule has 1 aliphatic heterocycles. The molecule has 4 aromatic rings. The molecule has 0 unspecified atom stereocenters. The molecule has 0 saturated carbocycles. The Kier molecular flexibility index (Phi) is 6.39. The Balaban J connectivity index is 1.41. The van der Waals surface area contributed by atoms with Crippen LogP contribution in [0.5, 0.6) is 0 Å². The van der Waals surface area contributed by atoms with Crippen molar-refractivity contribution in [2.24, 2.45) is 0 Å². The maximum atomic E-state index is 13.3. The highest BCUT2D eigenvalue weighted by Gasteiger charge is 2.22. The van der Waals surface area contributed by atoms with Crippen molar-refractivity contribution in [3.63, 3.8) is 0 Å². The van der Waals surface area contributed by atoms with E-state index >= 15 is 0 Å². The lowest BCUT2D eigenvalue weighted by Crippen LogP contribution is -2.37. The summed E-state index contributed by atoms with van der Waals surface area (Å²) in [5, 5.41) is 14.2. The summed E-state index contributed by atoms with van der Waals surface area (Å²) in [4.78, 5) is 30.8. The van der Waals surface area contributed by atoms with Crippen molar-refractivity contribution in [1.82, 2.24) is 4.98 Å². The van der Waals surface area contributed by atoms with Gasteiger partial charge in [-0.1, -0.05) is 32.9 Å². The number of nitrogens with one attached hydrogen (secondary N) is 1. The Morgan fingerprint density at radius 2 is 1.76 bits per heavy atom. The van der Waals surface area contributed by atoms with Crippen molar-refractivity contribution >= 4 is 34.1 Å². The SMILES string of the molecule is CC(C)(C)c1ccc(-c2nc3cc(NC(=O)c4cc([N+](=O)[O-])ccc4N4CCOCC4)ccc3o2)cc1. The molecule has 9 nitrogen and oxygen atoms in total. The van der Waals surface area contributed by atoms with Gasteiger partial charge >= 0.3 is 0 Å². The summed E-state index contributed by atoms with van der Waals surface area (Å²) in [5.74, 6) is 0.0539. The van der Waals surface area contributed by atoms with E-state index in [1.165, 1.54) is 17.7 Å². The molecule has 1 aliphatic rings. The summed E-state index contributed by atoms with van der Waals surface area (Å²) < 4.78 is 11.4. The van der Waals surface area contributed by atoms with Crippen LogP contribution in [0.2, 0.25) is 0 Å². The monoisotopic (exact) mass is 500 g/mol. The molecule has 0 radical (unpaired) electrons. The topological polar surface area (TPSA) is 111 Å². The van der Waals surface area contributed by atoms with Crippen molar-refractivity contribution in [2.75, 3.05) is 36.5 Å². The van der Waals surface area contributed by atoms with Crippen LogP contribution in [0.3, 0.4) is 0 Å². The first-order chi connectivity index (χ1) is 17.7. The van der Waals surface area contributed by atoms with Gasteiger partial charge in [-0.25, -0.2) is 4.98 Å². The van der Waals surface area contributed by atoms with Gasteiger partial charge in [-0.05, 0) is 47.4 Å². The maximum absolute atomic E-state index is 13.3. The minimum atomic E-state index is -0.503. The molecule has 0 spiro atoms. The Morgan fingerprint density at radius 1 is 1.03 bits per heavy atom. The first-order valence-corrected chi connectivity index (χ1v) is 12.1. The van der Waals surface area contributed by atoms with Crippen LogP contribution in [-0.2, 0) is 10.2 Å². The average Bonchev–Trinajstić information content (AvgIpc) is 3.32. The van der Waals surface area contributed by atoms with Crippen molar-refractivity contribution in [3.8, 4) is 11.5 Å². The lowest BCUT2D eigenvalue weighted by atomic mass is 9.87. The van der Waals surface area contributed by atoms with Crippen LogP contribution in [0.1, 0.15) is 36.7 Å². The van der Waals surface area contributed by atoms with E-state index in [0.717, 1.165) is 5.56 Å². The minimum Gasteiger partial charge on any atom is -0.436 e. The van der Waals surface area contributed by atoms with E-state index in [-0.39, 0.29) is 16.7 Å². The number of hydrogen-bond donors (Lipinski definition) is 1. The van der Waals surface area contributed by atoms with E-state index in [0.29, 0.717) is 54.7 Å². The molecule has 1 aromatic heterocycles. The summed E-state index contributed by atoms with van der Waals surface area (Å²) in [6, 6.07) is 17.7. The second-order valence-corrected chi connectivity index (χ2v) is 10.0. The number of anilines is 2. The number of morpholine rings is 1. The molecule has 0 bridgehead atoms. The first-order valence-electron chi connectivity index (χ1n) is 12.1. The fourth-order valence-electron chi connectivity index (χ4n) is 4.34. The molecule has 0 aliphatic carbocycles. The molecule has 5 rings (SSSR count). The Labute approximate surface area is 214 Å². The van der Waals surface area contributed by atoms with Gasteiger partial charge in [0.05, 0.1) is 29.4 Å². The molecule has 37 heavy (non-hydrogen) atoms. The molecule has 190 valence electrons. The van der Waals surface area contributed by atoms with E-state index in [4.69, 9.17) is 9.15 Å². The van der Waals surface area contributed by atoms with Gasteiger partial charge in [0.15, 0.2) is 5.58 Å². The Bertz CT molecular complexity index is 1460. The quantitative estimate of drug-likeness (QED) is 0.273. The van der Waals surface area contributed by atoms with Gasteiger partial charge in [0.1, 0.15) is 5.52 Å². The number of benzene rings is 3. The number of carbonyl (C=O) groups is 1. The summed E-state index contributed by atoms with van der Waals surface area (Å²) >= 11 is 0. The molecule has 9 heteroatoms. The van der Waals surface area contributed by atoms with Crippen molar-refractivity contribution < 1.29 is 18.9 Å². The molecule has 1 saturated heterocycles. The molecule has 1 N–H and O–H groups in total. The summed E-state index contributed by atoms with van der Waals surface area (Å²) in [7, 11) is 0. The minimum absolute atomic E-state index is 0.0494. The number of aromatic nitrogens is 1. The van der Waals surface area contributed by atoms with Gasteiger partial charge < -0.3 is 19.4 Å². The van der Waals surface area contributed by atoms with Gasteiger partial charge in [-0.15, -0.1) is 0 Å². The highest BCUT2D eigenvalue weighted by atomic mass is 16.6. The number of hydrogen-bond acceptors (Lipinski definition) is 7. The zero-order valence-electron chi connectivity index (χ0n) is 21.0. The lowest BCUT2D eigenvalue weighted by molar-refractivity contribution is -0.384. The third-order valence-corrected chi connectivity index (χ3v) is 6.43. The van der Waals surface area contributed by atoms with Crippen molar-refractivity contribution in [2.45, 2.75) is 26.2 Å². The fraction of sp³-hybridized carbons (Fsp3) is 0.286. The van der Waals surface area contributed by atoms with Gasteiger partial charge in [-0.3, -0.25) is 14.9 Å². The predicted molar refractivity (Wildman–Crippen MR) is 142 cm³/mol. The lowest BCUT2D eigenvalue weighted by Gasteiger charge is -2.30. The Morgan fingerprint density at radius 3 is 2.43 bits per heavy atom.